The Hall–Kier alpha value is -1.39. The highest BCUT2D eigenvalue weighted by atomic mass is 35.5. The van der Waals surface area contributed by atoms with Crippen molar-refractivity contribution in [3.05, 3.63) is 45.5 Å². The Kier molecular flexibility index (Phi) is 3.76. The van der Waals surface area contributed by atoms with Crippen LogP contribution in [0.4, 0.5) is 0 Å². The highest BCUT2D eigenvalue weighted by molar-refractivity contribution is 6.42. The zero-order valence-electron chi connectivity index (χ0n) is 10.6. The molecule has 1 heterocycles. The summed E-state index contributed by atoms with van der Waals surface area (Å²) in [5.41, 5.74) is 0.949. The molecule has 104 valence electrons. The zero-order valence-corrected chi connectivity index (χ0v) is 12.1. The average molecular weight is 311 g/mol. The number of rotatable bonds is 3. The fourth-order valence-electron chi connectivity index (χ4n) is 2.39. The minimum Gasteiger partial charge on any atom is -0.339 e. The number of carbonyl (C=O) groups is 1. The minimum atomic E-state index is -0.218. The Balaban J connectivity index is 1.76. The normalized spacial score (nSPS) is 18.7. The monoisotopic (exact) mass is 310 g/mol. The van der Waals surface area contributed by atoms with Crippen molar-refractivity contribution in [3.8, 4) is 0 Å². The van der Waals surface area contributed by atoms with Crippen molar-refractivity contribution >= 4 is 29.0 Å². The molecular weight excluding hydrogens is 299 g/mol. The second kappa shape index (κ2) is 5.54. The van der Waals surface area contributed by atoms with Crippen LogP contribution < -0.4 is 0 Å². The van der Waals surface area contributed by atoms with Crippen LogP contribution in [-0.4, -0.2) is 15.9 Å². The van der Waals surface area contributed by atoms with E-state index in [1.165, 1.54) is 0 Å². The van der Waals surface area contributed by atoms with Crippen LogP contribution in [0, 0.1) is 0 Å². The molecule has 20 heavy (non-hydrogen) atoms. The van der Waals surface area contributed by atoms with Crippen LogP contribution in [-0.2, 0) is 11.2 Å². The predicted octanol–water partition coefficient (Wildman–Crippen LogP) is 3.80. The number of ketones is 1. The first kappa shape index (κ1) is 13.6. The van der Waals surface area contributed by atoms with Gasteiger partial charge in [0.15, 0.2) is 5.82 Å². The fraction of sp³-hybridized carbons (Fsp3) is 0.357. The largest absolute Gasteiger partial charge is 0.339 e. The SMILES string of the molecule is O=C1CCCC1c1nc(Cc2ccc(Cl)c(Cl)c2)no1. The van der Waals surface area contributed by atoms with Crippen LogP contribution in [0.1, 0.15) is 42.5 Å². The summed E-state index contributed by atoms with van der Waals surface area (Å²) < 4.78 is 5.20. The molecule has 3 rings (SSSR count). The van der Waals surface area contributed by atoms with E-state index in [0.29, 0.717) is 34.6 Å². The topological polar surface area (TPSA) is 56.0 Å². The maximum absolute atomic E-state index is 11.7. The quantitative estimate of drug-likeness (QED) is 0.865. The predicted molar refractivity (Wildman–Crippen MR) is 75.2 cm³/mol. The van der Waals surface area contributed by atoms with Crippen LogP contribution in [0.15, 0.2) is 22.7 Å². The number of aromatic nitrogens is 2. The molecule has 1 aromatic heterocycles. The molecule has 0 spiro atoms. The molecule has 1 aromatic carbocycles. The first-order chi connectivity index (χ1) is 9.63. The van der Waals surface area contributed by atoms with Crippen molar-refractivity contribution < 1.29 is 9.32 Å². The number of carbonyl (C=O) groups excluding carboxylic acids is 1. The van der Waals surface area contributed by atoms with Gasteiger partial charge in [-0.25, -0.2) is 0 Å². The standard InChI is InChI=1S/C14H12Cl2N2O2/c15-10-5-4-8(6-11(10)16)7-13-17-14(20-18-13)9-2-1-3-12(9)19/h4-6,9H,1-3,7H2. The van der Waals surface area contributed by atoms with Gasteiger partial charge in [0.05, 0.1) is 16.0 Å². The second-order valence-electron chi connectivity index (χ2n) is 4.89. The molecule has 0 bridgehead atoms. The molecule has 6 heteroatoms. The second-order valence-corrected chi connectivity index (χ2v) is 5.70. The van der Waals surface area contributed by atoms with E-state index >= 15 is 0 Å². The van der Waals surface area contributed by atoms with Crippen molar-refractivity contribution in [2.75, 3.05) is 0 Å². The summed E-state index contributed by atoms with van der Waals surface area (Å²) >= 11 is 11.8. The van der Waals surface area contributed by atoms with Gasteiger partial charge >= 0.3 is 0 Å². The molecular formula is C14H12Cl2N2O2. The smallest absolute Gasteiger partial charge is 0.237 e. The molecule has 0 radical (unpaired) electrons. The fourth-order valence-corrected chi connectivity index (χ4v) is 2.71. The summed E-state index contributed by atoms with van der Waals surface area (Å²) in [5.74, 6) is 0.959. The first-order valence-electron chi connectivity index (χ1n) is 6.42. The molecule has 0 aliphatic heterocycles. The molecule has 0 amide bonds. The first-order valence-corrected chi connectivity index (χ1v) is 7.18. The van der Waals surface area contributed by atoms with Gasteiger partial charge in [0.25, 0.3) is 0 Å². The number of benzene rings is 1. The molecule has 0 N–H and O–H groups in total. The lowest BCUT2D eigenvalue weighted by atomic mass is 10.1. The number of hydrogen-bond acceptors (Lipinski definition) is 4. The van der Waals surface area contributed by atoms with Gasteiger partial charge < -0.3 is 4.52 Å². The Morgan fingerprint density at radius 2 is 2.15 bits per heavy atom. The maximum atomic E-state index is 11.7. The summed E-state index contributed by atoms with van der Waals surface area (Å²) in [6.45, 7) is 0. The van der Waals surface area contributed by atoms with Crippen molar-refractivity contribution in [2.24, 2.45) is 0 Å². The van der Waals surface area contributed by atoms with Gasteiger partial charge in [-0.1, -0.05) is 34.4 Å². The summed E-state index contributed by atoms with van der Waals surface area (Å²) in [4.78, 5) is 16.0. The van der Waals surface area contributed by atoms with Crippen LogP contribution in [0.25, 0.3) is 0 Å². The third kappa shape index (κ3) is 2.72. The molecule has 4 nitrogen and oxygen atoms in total. The van der Waals surface area contributed by atoms with Gasteiger partial charge in [-0.2, -0.15) is 4.98 Å². The molecule has 1 aliphatic rings. The summed E-state index contributed by atoms with van der Waals surface area (Å²) in [5, 5.41) is 4.94. The van der Waals surface area contributed by atoms with E-state index in [0.717, 1.165) is 18.4 Å². The lowest BCUT2D eigenvalue weighted by molar-refractivity contribution is -0.119. The van der Waals surface area contributed by atoms with Gasteiger partial charge in [0, 0.05) is 12.8 Å². The lowest BCUT2D eigenvalue weighted by Gasteiger charge is -2.00. The number of nitrogens with zero attached hydrogens (tertiary/aromatic N) is 2. The van der Waals surface area contributed by atoms with Crippen molar-refractivity contribution in [1.29, 1.82) is 0 Å². The van der Waals surface area contributed by atoms with Crippen molar-refractivity contribution in [2.45, 2.75) is 31.6 Å². The van der Waals surface area contributed by atoms with E-state index in [4.69, 9.17) is 27.7 Å². The minimum absolute atomic E-state index is 0.190. The summed E-state index contributed by atoms with van der Waals surface area (Å²) in [6, 6.07) is 5.38. The average Bonchev–Trinajstić information content (AvgIpc) is 3.03. The highest BCUT2D eigenvalue weighted by Gasteiger charge is 2.30. The van der Waals surface area contributed by atoms with E-state index in [1.807, 2.05) is 6.07 Å². The molecule has 1 fully saturated rings. The zero-order chi connectivity index (χ0) is 14.1. The number of Topliss-reactive ketones (excluding diaryl/α,β-unsaturated/α-hetero) is 1. The van der Waals surface area contributed by atoms with Crippen LogP contribution in [0.5, 0.6) is 0 Å². The summed E-state index contributed by atoms with van der Waals surface area (Å²) in [6.07, 6.45) is 2.80. The molecule has 1 saturated carbocycles. The summed E-state index contributed by atoms with van der Waals surface area (Å²) in [7, 11) is 0. The van der Waals surface area contributed by atoms with E-state index in [-0.39, 0.29) is 11.7 Å². The van der Waals surface area contributed by atoms with Gasteiger partial charge in [-0.05, 0) is 30.5 Å². The van der Waals surface area contributed by atoms with E-state index < -0.39 is 0 Å². The van der Waals surface area contributed by atoms with Gasteiger partial charge in [0.1, 0.15) is 5.78 Å². The number of hydrogen-bond donors (Lipinski definition) is 0. The van der Waals surface area contributed by atoms with E-state index in [1.54, 1.807) is 12.1 Å². The third-order valence-corrected chi connectivity index (χ3v) is 4.17. The molecule has 1 atom stereocenters. The molecule has 1 aliphatic carbocycles. The Bertz CT molecular complexity index is 654. The van der Waals surface area contributed by atoms with Crippen LogP contribution in [0.2, 0.25) is 10.0 Å². The lowest BCUT2D eigenvalue weighted by Crippen LogP contribution is -2.04. The van der Waals surface area contributed by atoms with E-state index in [2.05, 4.69) is 10.1 Å². The van der Waals surface area contributed by atoms with Gasteiger partial charge in [0.2, 0.25) is 5.89 Å². The molecule has 1 unspecified atom stereocenters. The van der Waals surface area contributed by atoms with Crippen LogP contribution in [0.3, 0.4) is 0 Å². The van der Waals surface area contributed by atoms with Crippen molar-refractivity contribution in [1.82, 2.24) is 10.1 Å². The van der Waals surface area contributed by atoms with Crippen LogP contribution >= 0.6 is 23.2 Å². The molecule has 2 aromatic rings. The Labute approximate surface area is 126 Å². The maximum Gasteiger partial charge on any atom is 0.237 e. The highest BCUT2D eigenvalue weighted by Crippen LogP contribution is 2.30. The molecule has 0 saturated heterocycles. The van der Waals surface area contributed by atoms with Gasteiger partial charge in [-0.15, -0.1) is 0 Å². The van der Waals surface area contributed by atoms with Crippen molar-refractivity contribution in [3.63, 3.8) is 0 Å². The number of halogens is 2. The third-order valence-electron chi connectivity index (χ3n) is 3.43. The Morgan fingerprint density at radius 1 is 1.30 bits per heavy atom. The van der Waals surface area contributed by atoms with Gasteiger partial charge in [-0.3, -0.25) is 4.79 Å². The Morgan fingerprint density at radius 3 is 2.85 bits per heavy atom. The van der Waals surface area contributed by atoms with E-state index in [9.17, 15) is 4.79 Å².